The molecule has 0 aliphatic carbocycles. The summed E-state index contributed by atoms with van der Waals surface area (Å²) >= 11 is 0. The van der Waals surface area contributed by atoms with Gasteiger partial charge in [-0.1, -0.05) is 0 Å². The van der Waals surface area contributed by atoms with Gasteiger partial charge in [0.25, 0.3) is 0 Å². The number of furan rings is 1. The van der Waals surface area contributed by atoms with E-state index in [0.717, 1.165) is 64.2 Å². The lowest BCUT2D eigenvalue weighted by Gasteiger charge is -2.31. The summed E-state index contributed by atoms with van der Waals surface area (Å²) in [5.41, 5.74) is 0.519. The zero-order chi connectivity index (χ0) is 16.6. The lowest BCUT2D eigenvalue weighted by Crippen LogP contribution is -2.44. The van der Waals surface area contributed by atoms with Gasteiger partial charge in [0.15, 0.2) is 0 Å². The maximum atomic E-state index is 12.2. The van der Waals surface area contributed by atoms with Crippen molar-refractivity contribution in [3.8, 4) is 0 Å². The summed E-state index contributed by atoms with van der Waals surface area (Å²) in [6.07, 6.45) is 6.24. The second kappa shape index (κ2) is 6.50. The Kier molecular flexibility index (Phi) is 4.37. The normalized spacial score (nSPS) is 35.0. The molecule has 3 aliphatic heterocycles. The van der Waals surface area contributed by atoms with Crippen molar-refractivity contribution in [3.05, 3.63) is 24.2 Å². The summed E-state index contributed by atoms with van der Waals surface area (Å²) in [5, 5.41) is 10.0. The van der Waals surface area contributed by atoms with E-state index in [9.17, 15) is 9.90 Å². The first-order valence-electron chi connectivity index (χ1n) is 8.96. The predicted molar refractivity (Wildman–Crippen MR) is 87.6 cm³/mol. The van der Waals surface area contributed by atoms with Crippen molar-refractivity contribution in [2.45, 2.75) is 31.8 Å². The molecule has 0 aromatic carbocycles. The van der Waals surface area contributed by atoms with Crippen LogP contribution in [0.5, 0.6) is 0 Å². The Morgan fingerprint density at radius 2 is 2.33 bits per heavy atom. The molecule has 4 rings (SSSR count). The van der Waals surface area contributed by atoms with Gasteiger partial charge in [-0.2, -0.15) is 0 Å². The van der Waals surface area contributed by atoms with Gasteiger partial charge in [0.05, 0.1) is 24.5 Å². The van der Waals surface area contributed by atoms with E-state index in [1.54, 1.807) is 12.5 Å². The first-order valence-corrected chi connectivity index (χ1v) is 8.96. The van der Waals surface area contributed by atoms with Crippen LogP contribution in [0.4, 0.5) is 0 Å². The highest BCUT2D eigenvalue weighted by molar-refractivity contribution is 5.76. The van der Waals surface area contributed by atoms with Gasteiger partial charge in [-0.15, -0.1) is 0 Å². The zero-order valence-corrected chi connectivity index (χ0v) is 14.0. The van der Waals surface area contributed by atoms with Crippen LogP contribution in [0.2, 0.25) is 0 Å². The van der Waals surface area contributed by atoms with Gasteiger partial charge < -0.3 is 14.3 Å². The van der Waals surface area contributed by atoms with Crippen LogP contribution in [0.3, 0.4) is 0 Å². The van der Waals surface area contributed by atoms with Crippen LogP contribution in [-0.4, -0.2) is 66.3 Å². The summed E-state index contributed by atoms with van der Waals surface area (Å²) < 4.78 is 10.7. The molecule has 132 valence electrons. The van der Waals surface area contributed by atoms with E-state index in [4.69, 9.17) is 9.15 Å². The number of fused-ring (bicyclic) bond motifs is 1. The topological polar surface area (TPSA) is 66.2 Å². The van der Waals surface area contributed by atoms with Gasteiger partial charge in [-0.3, -0.25) is 14.6 Å². The Morgan fingerprint density at radius 1 is 1.42 bits per heavy atom. The molecule has 4 heterocycles. The Morgan fingerprint density at radius 3 is 3.04 bits per heavy atom. The molecule has 3 atom stereocenters. The fraction of sp³-hybridized carbons (Fsp3) is 0.722. The van der Waals surface area contributed by atoms with Crippen LogP contribution < -0.4 is 0 Å². The van der Waals surface area contributed by atoms with E-state index in [0.29, 0.717) is 12.6 Å². The van der Waals surface area contributed by atoms with Crippen molar-refractivity contribution < 1.29 is 19.1 Å². The van der Waals surface area contributed by atoms with Gasteiger partial charge in [0, 0.05) is 50.3 Å². The SMILES string of the molecule is O=C(O)[C@]12CCCN(C3CCOC3)C[C@H]1CN(Cc1ccoc1)C2. The van der Waals surface area contributed by atoms with Crippen LogP contribution >= 0.6 is 0 Å². The predicted octanol–water partition coefficient (Wildman–Crippen LogP) is 1.67. The number of hydrogen-bond acceptors (Lipinski definition) is 5. The molecule has 24 heavy (non-hydrogen) atoms. The molecule has 1 unspecified atom stereocenters. The Bertz CT molecular complexity index is 570. The first kappa shape index (κ1) is 16.1. The van der Waals surface area contributed by atoms with E-state index >= 15 is 0 Å². The van der Waals surface area contributed by atoms with Crippen molar-refractivity contribution in [2.75, 3.05) is 39.4 Å². The van der Waals surface area contributed by atoms with E-state index in [-0.39, 0.29) is 5.92 Å². The van der Waals surface area contributed by atoms with Crippen LogP contribution in [0.1, 0.15) is 24.8 Å². The molecule has 3 fully saturated rings. The van der Waals surface area contributed by atoms with Crippen LogP contribution in [-0.2, 0) is 16.1 Å². The average Bonchev–Trinajstić information content (AvgIpc) is 3.28. The summed E-state index contributed by atoms with van der Waals surface area (Å²) in [6.45, 7) is 5.78. The third-order valence-corrected chi connectivity index (χ3v) is 6.12. The molecule has 1 aromatic rings. The number of aliphatic carboxylic acids is 1. The molecule has 1 aromatic heterocycles. The molecule has 6 heteroatoms. The summed E-state index contributed by atoms with van der Waals surface area (Å²) in [6, 6.07) is 2.43. The quantitative estimate of drug-likeness (QED) is 0.903. The van der Waals surface area contributed by atoms with Crippen molar-refractivity contribution >= 4 is 5.97 Å². The maximum absolute atomic E-state index is 12.2. The largest absolute Gasteiger partial charge is 0.481 e. The third kappa shape index (κ3) is 2.87. The van der Waals surface area contributed by atoms with E-state index < -0.39 is 11.4 Å². The number of hydrogen-bond donors (Lipinski definition) is 1. The molecular weight excluding hydrogens is 308 g/mol. The molecule has 3 saturated heterocycles. The number of carboxylic acid groups (broad SMARTS) is 1. The van der Waals surface area contributed by atoms with Gasteiger partial charge in [0.1, 0.15) is 0 Å². The molecule has 0 amide bonds. The fourth-order valence-corrected chi connectivity index (χ4v) is 4.82. The van der Waals surface area contributed by atoms with Crippen molar-refractivity contribution in [2.24, 2.45) is 11.3 Å². The lowest BCUT2D eigenvalue weighted by molar-refractivity contribution is -0.151. The smallest absolute Gasteiger partial charge is 0.311 e. The zero-order valence-electron chi connectivity index (χ0n) is 14.0. The summed E-state index contributed by atoms with van der Waals surface area (Å²) in [4.78, 5) is 17.0. The minimum Gasteiger partial charge on any atom is -0.481 e. The van der Waals surface area contributed by atoms with E-state index in [2.05, 4.69) is 9.80 Å². The molecule has 1 N–H and O–H groups in total. The third-order valence-electron chi connectivity index (χ3n) is 6.12. The molecule has 6 nitrogen and oxygen atoms in total. The van der Waals surface area contributed by atoms with Crippen molar-refractivity contribution in [1.29, 1.82) is 0 Å². The highest BCUT2D eigenvalue weighted by Crippen LogP contribution is 2.44. The number of carboxylic acids is 1. The van der Waals surface area contributed by atoms with Gasteiger partial charge in [-0.05, 0) is 31.9 Å². The lowest BCUT2D eigenvalue weighted by atomic mass is 9.75. The fourth-order valence-electron chi connectivity index (χ4n) is 4.82. The van der Waals surface area contributed by atoms with E-state index in [1.807, 2.05) is 6.07 Å². The number of ether oxygens (including phenoxy) is 1. The van der Waals surface area contributed by atoms with Crippen LogP contribution in [0.25, 0.3) is 0 Å². The minimum atomic E-state index is -0.619. The summed E-state index contributed by atoms with van der Waals surface area (Å²) in [5.74, 6) is -0.434. The van der Waals surface area contributed by atoms with Gasteiger partial charge >= 0.3 is 5.97 Å². The first-order chi connectivity index (χ1) is 11.7. The van der Waals surface area contributed by atoms with Crippen molar-refractivity contribution in [3.63, 3.8) is 0 Å². The Labute approximate surface area is 142 Å². The molecule has 3 aliphatic rings. The number of carbonyl (C=O) groups is 1. The van der Waals surface area contributed by atoms with E-state index in [1.165, 1.54) is 0 Å². The average molecular weight is 334 g/mol. The Balaban J connectivity index is 1.51. The molecule has 0 bridgehead atoms. The van der Waals surface area contributed by atoms with Gasteiger partial charge in [-0.25, -0.2) is 0 Å². The van der Waals surface area contributed by atoms with Gasteiger partial charge in [0.2, 0.25) is 0 Å². The molecular formula is C18H26N2O4. The maximum Gasteiger partial charge on any atom is 0.311 e. The molecule has 0 saturated carbocycles. The second-order valence-electron chi connectivity index (χ2n) is 7.58. The number of likely N-dealkylation sites (tertiary alicyclic amines) is 2. The second-order valence-corrected chi connectivity index (χ2v) is 7.58. The van der Waals surface area contributed by atoms with Crippen LogP contribution in [0, 0.1) is 11.3 Å². The van der Waals surface area contributed by atoms with Crippen LogP contribution in [0.15, 0.2) is 23.0 Å². The molecule has 0 spiro atoms. The monoisotopic (exact) mass is 334 g/mol. The number of nitrogens with zero attached hydrogens (tertiary/aromatic N) is 2. The number of rotatable bonds is 4. The highest BCUT2D eigenvalue weighted by Gasteiger charge is 2.53. The summed E-state index contributed by atoms with van der Waals surface area (Å²) in [7, 11) is 0. The molecule has 0 radical (unpaired) electrons. The minimum absolute atomic E-state index is 0.185. The Hall–Kier alpha value is -1.37. The standard InChI is InChI=1S/C18H26N2O4/c21-17(22)18-4-1-5-20(16-3-7-24-12-16)10-15(18)9-19(13-18)8-14-2-6-23-11-14/h2,6,11,15-16H,1,3-5,7-10,12-13H2,(H,21,22)/t15-,16?,18+/m1/s1. The highest BCUT2D eigenvalue weighted by atomic mass is 16.5. The van der Waals surface area contributed by atoms with Crippen molar-refractivity contribution in [1.82, 2.24) is 9.80 Å².